The van der Waals surface area contributed by atoms with Crippen molar-refractivity contribution in [3.63, 3.8) is 0 Å². The highest BCUT2D eigenvalue weighted by atomic mass is 19.1. The Bertz CT molecular complexity index is 992. The molecule has 5 nitrogen and oxygen atoms in total. The van der Waals surface area contributed by atoms with Crippen LogP contribution in [0.3, 0.4) is 0 Å². The van der Waals surface area contributed by atoms with E-state index in [-0.39, 0.29) is 11.1 Å². The third kappa shape index (κ3) is 2.76. The van der Waals surface area contributed by atoms with Crippen molar-refractivity contribution in [1.29, 1.82) is 5.26 Å². The van der Waals surface area contributed by atoms with E-state index in [0.29, 0.717) is 22.7 Å². The molecule has 0 unspecified atom stereocenters. The van der Waals surface area contributed by atoms with Crippen LogP contribution in [0.25, 0.3) is 17.4 Å². The van der Waals surface area contributed by atoms with E-state index in [1.54, 1.807) is 30.3 Å². The van der Waals surface area contributed by atoms with Gasteiger partial charge in [0, 0.05) is 12.6 Å². The lowest BCUT2D eigenvalue weighted by molar-refractivity contribution is -0.138. The molecule has 0 atom stereocenters. The zero-order valence-electron chi connectivity index (χ0n) is 13.5. The summed E-state index contributed by atoms with van der Waals surface area (Å²) in [5.74, 6) is -0.933. The fourth-order valence-electron chi connectivity index (χ4n) is 2.58. The van der Waals surface area contributed by atoms with Crippen molar-refractivity contribution >= 4 is 17.9 Å². The number of furan rings is 1. The van der Waals surface area contributed by atoms with E-state index in [1.807, 2.05) is 6.07 Å². The van der Waals surface area contributed by atoms with Gasteiger partial charge < -0.3 is 4.42 Å². The highest BCUT2D eigenvalue weighted by molar-refractivity contribution is 6.19. The van der Waals surface area contributed by atoms with Crippen LogP contribution in [0.4, 0.5) is 4.39 Å². The Hall–Kier alpha value is -3.46. The molecule has 1 aliphatic rings. The molecule has 0 spiro atoms. The second-order valence-electron chi connectivity index (χ2n) is 5.52. The first kappa shape index (κ1) is 16.4. The predicted octanol–water partition coefficient (Wildman–Crippen LogP) is 3.31. The van der Waals surface area contributed by atoms with E-state index in [2.05, 4.69) is 0 Å². The standard InChI is InChI=1S/C19H13FN2O3/c1-11-14(18(23)22(2)19(24)15(11)10-21)9-12-7-8-17(25-12)13-5-3-4-6-16(13)20/h3-9H,1-2H3. The summed E-state index contributed by atoms with van der Waals surface area (Å²) in [5.41, 5.74) is 0.696. The van der Waals surface area contributed by atoms with Gasteiger partial charge in [-0.2, -0.15) is 5.26 Å². The number of rotatable bonds is 2. The van der Waals surface area contributed by atoms with Gasteiger partial charge in [-0.1, -0.05) is 12.1 Å². The largest absolute Gasteiger partial charge is 0.457 e. The number of hydrogen-bond acceptors (Lipinski definition) is 4. The van der Waals surface area contributed by atoms with Gasteiger partial charge in [0.25, 0.3) is 11.8 Å². The molecule has 1 aliphatic heterocycles. The molecule has 124 valence electrons. The molecule has 0 radical (unpaired) electrons. The van der Waals surface area contributed by atoms with Gasteiger partial charge in [-0.25, -0.2) is 4.39 Å². The Morgan fingerprint density at radius 2 is 1.88 bits per heavy atom. The molecule has 1 aromatic carbocycles. The van der Waals surface area contributed by atoms with Crippen LogP contribution in [0.1, 0.15) is 12.7 Å². The van der Waals surface area contributed by atoms with E-state index in [0.717, 1.165) is 4.90 Å². The zero-order valence-corrected chi connectivity index (χ0v) is 13.5. The number of likely N-dealkylation sites (N-methyl/N-ethyl adjacent to an activating group) is 1. The van der Waals surface area contributed by atoms with Crippen LogP contribution in [-0.2, 0) is 9.59 Å². The third-order valence-electron chi connectivity index (χ3n) is 4.00. The van der Waals surface area contributed by atoms with E-state index < -0.39 is 17.6 Å². The normalized spacial score (nSPS) is 16.6. The number of hydrogen-bond donors (Lipinski definition) is 0. The van der Waals surface area contributed by atoms with E-state index >= 15 is 0 Å². The van der Waals surface area contributed by atoms with Crippen molar-refractivity contribution in [1.82, 2.24) is 4.90 Å². The van der Waals surface area contributed by atoms with Crippen molar-refractivity contribution in [3.05, 3.63) is 64.7 Å². The Kier molecular flexibility index (Phi) is 4.07. The average Bonchev–Trinajstić information content (AvgIpc) is 3.06. The SMILES string of the molecule is CC1=C(C#N)C(=O)N(C)C(=O)C1=Cc1ccc(-c2ccccc2F)o1. The van der Waals surface area contributed by atoms with Crippen molar-refractivity contribution in [2.75, 3.05) is 7.05 Å². The number of amides is 2. The maximum atomic E-state index is 13.8. The Balaban J connectivity index is 2.05. The minimum atomic E-state index is -0.631. The Morgan fingerprint density at radius 3 is 2.56 bits per heavy atom. The molecule has 0 bridgehead atoms. The van der Waals surface area contributed by atoms with Gasteiger partial charge in [-0.05, 0) is 42.8 Å². The Morgan fingerprint density at radius 1 is 1.16 bits per heavy atom. The molecule has 0 N–H and O–H groups in total. The number of nitrogens with zero attached hydrogens (tertiary/aromatic N) is 2. The highest BCUT2D eigenvalue weighted by Crippen LogP contribution is 2.29. The van der Waals surface area contributed by atoms with Crippen molar-refractivity contribution in [2.45, 2.75) is 6.92 Å². The van der Waals surface area contributed by atoms with Crippen molar-refractivity contribution < 1.29 is 18.4 Å². The van der Waals surface area contributed by atoms with Crippen LogP contribution < -0.4 is 0 Å². The minimum absolute atomic E-state index is 0.0887. The second kappa shape index (κ2) is 6.21. The molecular weight excluding hydrogens is 323 g/mol. The van der Waals surface area contributed by atoms with Crippen molar-refractivity contribution in [3.8, 4) is 17.4 Å². The lowest BCUT2D eigenvalue weighted by Crippen LogP contribution is -2.39. The van der Waals surface area contributed by atoms with Gasteiger partial charge in [-0.3, -0.25) is 14.5 Å². The fraction of sp³-hybridized carbons (Fsp3) is 0.105. The van der Waals surface area contributed by atoms with Gasteiger partial charge in [0.1, 0.15) is 29.0 Å². The van der Waals surface area contributed by atoms with Gasteiger partial charge in [-0.15, -0.1) is 0 Å². The molecule has 6 heteroatoms. The third-order valence-corrected chi connectivity index (χ3v) is 4.00. The quantitative estimate of drug-likeness (QED) is 0.623. The molecule has 2 heterocycles. The first-order valence-corrected chi connectivity index (χ1v) is 7.44. The maximum absolute atomic E-state index is 13.8. The smallest absolute Gasteiger partial charge is 0.271 e. The van der Waals surface area contributed by atoms with E-state index in [9.17, 15) is 14.0 Å². The molecular formula is C19H13FN2O3. The summed E-state index contributed by atoms with van der Waals surface area (Å²) in [6.45, 7) is 1.54. The van der Waals surface area contributed by atoms with Crippen LogP contribution in [0, 0.1) is 17.1 Å². The lowest BCUT2D eigenvalue weighted by Gasteiger charge is -2.23. The molecule has 1 aromatic heterocycles. The first-order chi connectivity index (χ1) is 11.9. The number of halogens is 1. The highest BCUT2D eigenvalue weighted by Gasteiger charge is 2.33. The van der Waals surface area contributed by atoms with E-state index in [1.165, 1.54) is 26.1 Å². The van der Waals surface area contributed by atoms with Crippen LogP contribution in [-0.4, -0.2) is 23.8 Å². The molecule has 0 saturated carbocycles. The molecule has 2 amide bonds. The summed E-state index contributed by atoms with van der Waals surface area (Å²) in [7, 11) is 1.31. The number of nitriles is 1. The summed E-state index contributed by atoms with van der Waals surface area (Å²) in [6, 6.07) is 11.2. The molecule has 0 saturated heterocycles. The lowest BCUT2D eigenvalue weighted by atomic mass is 9.95. The molecule has 3 rings (SSSR count). The van der Waals surface area contributed by atoms with Crippen LogP contribution in [0.5, 0.6) is 0 Å². The van der Waals surface area contributed by atoms with Gasteiger partial charge in [0.05, 0.1) is 5.56 Å². The number of carbonyl (C=O) groups excluding carboxylic acids is 2. The van der Waals surface area contributed by atoms with Gasteiger partial charge in [0.15, 0.2) is 0 Å². The molecule has 0 fully saturated rings. The number of benzene rings is 1. The maximum Gasteiger partial charge on any atom is 0.271 e. The predicted molar refractivity (Wildman–Crippen MR) is 88.2 cm³/mol. The zero-order chi connectivity index (χ0) is 18.1. The van der Waals surface area contributed by atoms with Crippen LogP contribution in [0.2, 0.25) is 0 Å². The van der Waals surface area contributed by atoms with Gasteiger partial charge in [0.2, 0.25) is 0 Å². The summed E-state index contributed by atoms with van der Waals surface area (Å²) in [5, 5.41) is 9.14. The summed E-state index contributed by atoms with van der Waals surface area (Å²) >= 11 is 0. The van der Waals surface area contributed by atoms with Crippen molar-refractivity contribution in [2.24, 2.45) is 0 Å². The first-order valence-electron chi connectivity index (χ1n) is 7.44. The topological polar surface area (TPSA) is 74.3 Å². The fourth-order valence-corrected chi connectivity index (χ4v) is 2.58. The molecule has 25 heavy (non-hydrogen) atoms. The number of imide groups is 1. The summed E-state index contributed by atoms with van der Waals surface area (Å²) in [4.78, 5) is 25.2. The summed E-state index contributed by atoms with van der Waals surface area (Å²) in [6.07, 6.45) is 1.45. The monoisotopic (exact) mass is 336 g/mol. The minimum Gasteiger partial charge on any atom is -0.457 e. The van der Waals surface area contributed by atoms with Gasteiger partial charge >= 0.3 is 0 Å². The van der Waals surface area contributed by atoms with Crippen LogP contribution in [0.15, 0.2) is 57.5 Å². The van der Waals surface area contributed by atoms with E-state index in [4.69, 9.17) is 9.68 Å². The Labute approximate surface area is 143 Å². The average molecular weight is 336 g/mol. The summed E-state index contributed by atoms with van der Waals surface area (Å²) < 4.78 is 19.4. The molecule has 2 aromatic rings. The van der Waals surface area contributed by atoms with Crippen LogP contribution >= 0.6 is 0 Å². The molecule has 0 aliphatic carbocycles. The second-order valence-corrected chi connectivity index (χ2v) is 5.52. The number of carbonyl (C=O) groups is 2.